The highest BCUT2D eigenvalue weighted by molar-refractivity contribution is 5.89. The number of ketones is 1. The Kier molecular flexibility index (Phi) is 8.30. The maximum atomic E-state index is 14.1. The van der Waals surface area contributed by atoms with Crippen LogP contribution in [-0.4, -0.2) is 48.9 Å². The lowest BCUT2D eigenvalue weighted by molar-refractivity contribution is -0.254. The van der Waals surface area contributed by atoms with Crippen molar-refractivity contribution < 1.29 is 33.3 Å². The number of ether oxygens (including phenoxy) is 4. The monoisotopic (exact) mass is 664 g/mol. The number of carbonyl (C=O) groups is 3. The molecule has 48 heavy (non-hydrogen) atoms. The minimum atomic E-state index is -0.729. The first kappa shape index (κ1) is 33.4. The molecule has 7 heteroatoms. The molecule has 0 N–H and O–H groups in total. The van der Waals surface area contributed by atoms with Gasteiger partial charge in [0.15, 0.2) is 5.79 Å². The topological polar surface area (TPSA) is 88.1 Å². The Bertz CT molecular complexity index is 1320. The standard InChI is InChI=1S/C41H60O7/c1-6-38(5)15-26-8-9-41(32(14-26)21-38)47-33(22-45-36(43)39(7-2)16-27-10-24(3)25(4)29(11-27)18-39)34(48-41)23-46-37(44)40-17-28-12-30(19-40)35(42)31(13-28)20-40/h24,26-34H,4,6-23H2,1-3,5H3. The Morgan fingerprint density at radius 1 is 0.771 bits per heavy atom. The van der Waals surface area contributed by atoms with Crippen molar-refractivity contribution in [3.05, 3.63) is 12.2 Å². The molecule has 8 aliphatic carbocycles. The third-order valence-corrected chi connectivity index (χ3v) is 15.7. The molecule has 12 unspecified atom stereocenters. The number of allylic oxidation sites excluding steroid dienone is 1. The largest absolute Gasteiger partial charge is 0.462 e. The molecule has 8 bridgehead atoms. The van der Waals surface area contributed by atoms with Crippen molar-refractivity contribution in [2.75, 3.05) is 13.2 Å². The van der Waals surface area contributed by atoms with Crippen LogP contribution in [-0.2, 0) is 33.3 Å². The minimum absolute atomic E-state index is 0.0187. The van der Waals surface area contributed by atoms with Gasteiger partial charge >= 0.3 is 11.9 Å². The Morgan fingerprint density at radius 2 is 1.42 bits per heavy atom. The Labute approximate surface area is 288 Å². The van der Waals surface area contributed by atoms with Crippen molar-refractivity contribution in [1.29, 1.82) is 0 Å². The first-order chi connectivity index (χ1) is 22.9. The number of carbonyl (C=O) groups excluding carboxylic acids is 3. The SMILES string of the molecule is C=C1C(C)CC2CC1CC(CC)(C(=O)OCC1OC3(CCC4CC3CC(C)(CC)C4)OC1COC(=O)C13CC4CC(C1)C(=O)C(C4)C3)C2. The van der Waals surface area contributed by atoms with Crippen LogP contribution in [0.1, 0.15) is 130 Å². The molecule has 9 aliphatic rings. The molecule has 9 rings (SSSR count). The molecular formula is C41H60O7. The smallest absolute Gasteiger partial charge is 0.312 e. The predicted molar refractivity (Wildman–Crippen MR) is 180 cm³/mol. The second-order valence-corrected chi connectivity index (χ2v) is 18.8. The van der Waals surface area contributed by atoms with Gasteiger partial charge in [-0.3, -0.25) is 14.4 Å². The average molecular weight is 665 g/mol. The molecule has 266 valence electrons. The summed E-state index contributed by atoms with van der Waals surface area (Å²) in [6, 6.07) is 0. The highest BCUT2D eigenvalue weighted by atomic mass is 16.8. The fourth-order valence-corrected chi connectivity index (χ4v) is 13.1. The van der Waals surface area contributed by atoms with Crippen LogP contribution in [0.2, 0.25) is 0 Å². The molecule has 0 amide bonds. The van der Waals surface area contributed by atoms with Crippen molar-refractivity contribution in [3.63, 3.8) is 0 Å². The second kappa shape index (κ2) is 11.9. The van der Waals surface area contributed by atoms with E-state index in [-0.39, 0.29) is 48.3 Å². The van der Waals surface area contributed by atoms with Gasteiger partial charge in [0.25, 0.3) is 0 Å². The highest BCUT2D eigenvalue weighted by Crippen LogP contribution is 2.60. The van der Waals surface area contributed by atoms with Gasteiger partial charge in [0.1, 0.15) is 31.2 Å². The van der Waals surface area contributed by atoms with Crippen molar-refractivity contribution in [2.45, 2.75) is 148 Å². The molecule has 0 aromatic rings. The van der Waals surface area contributed by atoms with Crippen molar-refractivity contribution in [2.24, 2.45) is 63.6 Å². The summed E-state index contributed by atoms with van der Waals surface area (Å²) in [5, 5.41) is 0. The molecule has 1 spiro atoms. The van der Waals surface area contributed by atoms with E-state index in [1.54, 1.807) is 0 Å². The summed E-state index contributed by atoms with van der Waals surface area (Å²) in [6.45, 7) is 13.8. The van der Waals surface area contributed by atoms with E-state index in [0.717, 1.165) is 83.5 Å². The van der Waals surface area contributed by atoms with Crippen LogP contribution >= 0.6 is 0 Å². The van der Waals surface area contributed by atoms with Gasteiger partial charge in [-0.05, 0) is 125 Å². The van der Waals surface area contributed by atoms with E-state index in [9.17, 15) is 14.4 Å². The first-order valence-electron chi connectivity index (χ1n) is 19.8. The van der Waals surface area contributed by atoms with Gasteiger partial charge in [0, 0.05) is 24.2 Å². The fourth-order valence-electron chi connectivity index (χ4n) is 13.1. The molecule has 1 heterocycles. The number of fused-ring (bicyclic) bond motifs is 5. The van der Waals surface area contributed by atoms with Crippen LogP contribution in [0.5, 0.6) is 0 Å². The van der Waals surface area contributed by atoms with E-state index >= 15 is 0 Å². The lowest BCUT2D eigenvalue weighted by atomic mass is 9.49. The molecule has 0 aromatic heterocycles. The Morgan fingerprint density at radius 3 is 2.08 bits per heavy atom. The summed E-state index contributed by atoms with van der Waals surface area (Å²) in [6.07, 6.45) is 14.2. The summed E-state index contributed by atoms with van der Waals surface area (Å²) in [4.78, 5) is 40.8. The van der Waals surface area contributed by atoms with Gasteiger partial charge in [-0.15, -0.1) is 0 Å². The molecule has 9 fully saturated rings. The van der Waals surface area contributed by atoms with Gasteiger partial charge in [-0.1, -0.05) is 46.3 Å². The van der Waals surface area contributed by atoms with Gasteiger partial charge in [0.2, 0.25) is 0 Å². The zero-order chi connectivity index (χ0) is 33.6. The Hall–Kier alpha value is -1.73. The van der Waals surface area contributed by atoms with E-state index in [0.29, 0.717) is 48.2 Å². The van der Waals surface area contributed by atoms with Gasteiger partial charge in [-0.2, -0.15) is 0 Å². The average Bonchev–Trinajstić information content (AvgIpc) is 3.43. The minimum Gasteiger partial charge on any atom is -0.462 e. The van der Waals surface area contributed by atoms with Crippen LogP contribution in [0.15, 0.2) is 12.2 Å². The van der Waals surface area contributed by atoms with Gasteiger partial charge in [0.05, 0.1) is 10.8 Å². The molecule has 0 radical (unpaired) electrons. The molecule has 8 saturated carbocycles. The van der Waals surface area contributed by atoms with E-state index < -0.39 is 28.8 Å². The number of rotatable bonds is 8. The molecular weight excluding hydrogens is 604 g/mol. The molecule has 0 aromatic carbocycles. The molecule has 7 nitrogen and oxygen atoms in total. The second-order valence-electron chi connectivity index (χ2n) is 18.8. The van der Waals surface area contributed by atoms with E-state index in [1.807, 2.05) is 0 Å². The predicted octanol–water partition coefficient (Wildman–Crippen LogP) is 7.98. The maximum absolute atomic E-state index is 14.1. The number of hydrogen-bond donors (Lipinski definition) is 0. The third-order valence-electron chi connectivity index (χ3n) is 15.7. The zero-order valence-electron chi connectivity index (χ0n) is 30.1. The summed E-state index contributed by atoms with van der Waals surface area (Å²) in [5.74, 6) is 2.26. The van der Waals surface area contributed by atoms with E-state index in [2.05, 4.69) is 34.3 Å². The number of hydrogen-bond acceptors (Lipinski definition) is 7. The summed E-state index contributed by atoms with van der Waals surface area (Å²) >= 11 is 0. The van der Waals surface area contributed by atoms with Crippen LogP contribution in [0, 0.1) is 63.6 Å². The number of Topliss-reactive ketones (excluding diaryl/α,β-unsaturated/α-hetero) is 1. The summed E-state index contributed by atoms with van der Waals surface area (Å²) in [5.41, 5.74) is 0.543. The maximum Gasteiger partial charge on any atom is 0.312 e. The number of esters is 2. The third kappa shape index (κ3) is 5.45. The van der Waals surface area contributed by atoms with Gasteiger partial charge < -0.3 is 18.9 Å². The van der Waals surface area contributed by atoms with E-state index in [1.165, 1.54) is 12.0 Å². The van der Waals surface area contributed by atoms with Gasteiger partial charge in [-0.25, -0.2) is 0 Å². The van der Waals surface area contributed by atoms with Crippen LogP contribution in [0.25, 0.3) is 0 Å². The van der Waals surface area contributed by atoms with Crippen LogP contribution in [0.3, 0.4) is 0 Å². The van der Waals surface area contributed by atoms with Crippen molar-refractivity contribution in [3.8, 4) is 0 Å². The van der Waals surface area contributed by atoms with Crippen molar-refractivity contribution in [1.82, 2.24) is 0 Å². The van der Waals surface area contributed by atoms with E-state index in [4.69, 9.17) is 18.9 Å². The summed E-state index contributed by atoms with van der Waals surface area (Å²) in [7, 11) is 0. The lowest BCUT2D eigenvalue weighted by Crippen LogP contribution is -2.55. The normalized spacial score (nSPS) is 50.5. The van der Waals surface area contributed by atoms with Crippen molar-refractivity contribution >= 4 is 17.7 Å². The first-order valence-corrected chi connectivity index (χ1v) is 19.8. The lowest BCUT2D eigenvalue weighted by Gasteiger charge is -2.54. The fraction of sp³-hybridized carbons (Fsp3) is 0.878. The zero-order valence-corrected chi connectivity index (χ0v) is 30.1. The quantitative estimate of drug-likeness (QED) is 0.192. The molecule has 12 atom stereocenters. The Balaban J connectivity index is 0.990. The van der Waals surface area contributed by atoms with Crippen LogP contribution in [0.4, 0.5) is 0 Å². The molecule has 1 aliphatic heterocycles. The molecule has 1 saturated heterocycles. The van der Waals surface area contributed by atoms with Crippen LogP contribution < -0.4 is 0 Å². The summed E-state index contributed by atoms with van der Waals surface area (Å²) < 4.78 is 26.4. The highest BCUT2D eigenvalue weighted by Gasteiger charge is 2.61.